The Morgan fingerprint density at radius 3 is 2.59 bits per heavy atom. The Hall–Kier alpha value is -0.960. The molecule has 94 valence electrons. The first-order chi connectivity index (χ1) is 8.08. The van der Waals surface area contributed by atoms with Crippen LogP contribution in [-0.2, 0) is 0 Å². The zero-order valence-electron chi connectivity index (χ0n) is 10.3. The third-order valence-electron chi connectivity index (χ3n) is 3.43. The summed E-state index contributed by atoms with van der Waals surface area (Å²) >= 11 is 6.08. The topological polar surface area (TPSA) is 33.5 Å². The van der Waals surface area contributed by atoms with Crippen molar-refractivity contribution in [2.24, 2.45) is 5.92 Å². The third kappa shape index (κ3) is 2.83. The summed E-state index contributed by atoms with van der Waals surface area (Å²) in [4.78, 5) is 13.9. The number of furan rings is 1. The number of hydrogen-bond acceptors (Lipinski definition) is 2. The molecule has 0 radical (unpaired) electrons. The van der Waals surface area contributed by atoms with Gasteiger partial charge < -0.3 is 9.32 Å². The minimum absolute atomic E-state index is 0.00113. The average Bonchev–Trinajstić information content (AvgIpc) is 2.75. The van der Waals surface area contributed by atoms with Crippen LogP contribution in [0.1, 0.15) is 36.1 Å². The first-order valence-corrected chi connectivity index (χ1v) is 6.51. The smallest absolute Gasteiger partial charge is 0.289 e. The maximum Gasteiger partial charge on any atom is 0.289 e. The summed E-state index contributed by atoms with van der Waals surface area (Å²) in [5.74, 6) is 1.75. The van der Waals surface area contributed by atoms with E-state index in [2.05, 4.69) is 0 Å². The molecule has 0 N–H and O–H groups in total. The Labute approximate surface area is 107 Å². The van der Waals surface area contributed by atoms with E-state index in [1.807, 2.05) is 24.8 Å². The van der Waals surface area contributed by atoms with E-state index in [4.69, 9.17) is 16.0 Å². The van der Waals surface area contributed by atoms with Gasteiger partial charge in [0.2, 0.25) is 0 Å². The summed E-state index contributed by atoms with van der Waals surface area (Å²) < 4.78 is 5.36. The molecule has 2 rings (SSSR count). The molecule has 2 heterocycles. The number of hydrogen-bond donors (Lipinski definition) is 0. The van der Waals surface area contributed by atoms with Crippen LogP contribution >= 0.6 is 11.6 Å². The number of halogens is 1. The van der Waals surface area contributed by atoms with Gasteiger partial charge in [-0.25, -0.2) is 0 Å². The molecule has 1 aliphatic heterocycles. The van der Waals surface area contributed by atoms with Gasteiger partial charge in [-0.1, -0.05) is 0 Å². The molecule has 1 aromatic heterocycles. The standard InChI is InChI=1S/C13H18ClNO2/c1-9-3-4-12(17-9)13(16)15-7-5-11(6-8-15)10(2)14/h3-4,10-11H,5-8H2,1-2H3. The Morgan fingerprint density at radius 2 is 2.12 bits per heavy atom. The molecule has 0 aromatic carbocycles. The van der Waals surface area contributed by atoms with Crippen molar-refractivity contribution in [1.82, 2.24) is 4.90 Å². The minimum atomic E-state index is -0.00113. The second kappa shape index (κ2) is 5.13. The molecule has 0 bridgehead atoms. The molecule has 1 amide bonds. The number of rotatable bonds is 2. The van der Waals surface area contributed by atoms with E-state index in [9.17, 15) is 4.79 Å². The van der Waals surface area contributed by atoms with Gasteiger partial charge >= 0.3 is 0 Å². The van der Waals surface area contributed by atoms with E-state index in [1.165, 1.54) is 0 Å². The summed E-state index contributed by atoms with van der Waals surface area (Å²) in [6.45, 7) is 5.43. The average molecular weight is 256 g/mol. The first kappa shape index (κ1) is 12.5. The van der Waals surface area contributed by atoms with E-state index in [0.29, 0.717) is 11.7 Å². The molecular formula is C13H18ClNO2. The summed E-state index contributed by atoms with van der Waals surface area (Å²) in [5.41, 5.74) is 0. The summed E-state index contributed by atoms with van der Waals surface area (Å²) in [6.07, 6.45) is 1.96. The van der Waals surface area contributed by atoms with Gasteiger partial charge in [-0.05, 0) is 44.7 Å². The van der Waals surface area contributed by atoms with Crippen LogP contribution in [0.3, 0.4) is 0 Å². The SMILES string of the molecule is Cc1ccc(C(=O)N2CCC(C(C)Cl)CC2)o1. The fourth-order valence-electron chi connectivity index (χ4n) is 2.27. The number of aryl methyl sites for hydroxylation is 1. The highest BCUT2D eigenvalue weighted by molar-refractivity contribution is 6.20. The third-order valence-corrected chi connectivity index (χ3v) is 3.78. The van der Waals surface area contributed by atoms with Crippen molar-refractivity contribution in [3.05, 3.63) is 23.7 Å². The van der Waals surface area contributed by atoms with Gasteiger partial charge in [0.05, 0.1) is 0 Å². The molecule has 1 aromatic rings. The van der Waals surface area contributed by atoms with Crippen LogP contribution in [-0.4, -0.2) is 29.3 Å². The predicted octanol–water partition coefficient (Wildman–Crippen LogP) is 3.07. The monoisotopic (exact) mass is 255 g/mol. The fourth-order valence-corrected chi connectivity index (χ4v) is 2.52. The molecule has 3 nitrogen and oxygen atoms in total. The van der Waals surface area contributed by atoms with Crippen molar-refractivity contribution in [3.63, 3.8) is 0 Å². The number of likely N-dealkylation sites (tertiary alicyclic amines) is 1. The Balaban J connectivity index is 1.95. The van der Waals surface area contributed by atoms with Crippen LogP contribution in [0.2, 0.25) is 0 Å². The van der Waals surface area contributed by atoms with Crippen LogP contribution in [0.15, 0.2) is 16.5 Å². The van der Waals surface area contributed by atoms with E-state index < -0.39 is 0 Å². The van der Waals surface area contributed by atoms with Crippen LogP contribution in [0.4, 0.5) is 0 Å². The molecule has 1 aliphatic rings. The van der Waals surface area contributed by atoms with E-state index in [0.717, 1.165) is 31.7 Å². The number of carbonyl (C=O) groups excluding carboxylic acids is 1. The highest BCUT2D eigenvalue weighted by atomic mass is 35.5. The molecule has 17 heavy (non-hydrogen) atoms. The minimum Gasteiger partial charge on any atom is -0.456 e. The molecule has 0 saturated carbocycles. The van der Waals surface area contributed by atoms with E-state index >= 15 is 0 Å². The van der Waals surface area contributed by atoms with Gasteiger partial charge in [0.1, 0.15) is 5.76 Å². The maximum absolute atomic E-state index is 12.1. The van der Waals surface area contributed by atoms with Crippen molar-refractivity contribution in [2.45, 2.75) is 32.1 Å². The maximum atomic E-state index is 12.1. The van der Waals surface area contributed by atoms with Crippen molar-refractivity contribution in [1.29, 1.82) is 0 Å². The van der Waals surface area contributed by atoms with Crippen LogP contribution in [0.5, 0.6) is 0 Å². The Bertz CT molecular complexity index is 392. The van der Waals surface area contributed by atoms with E-state index in [-0.39, 0.29) is 11.3 Å². The van der Waals surface area contributed by atoms with Gasteiger partial charge in [-0.15, -0.1) is 11.6 Å². The molecule has 1 fully saturated rings. The van der Waals surface area contributed by atoms with E-state index in [1.54, 1.807) is 6.07 Å². The molecular weight excluding hydrogens is 238 g/mol. The zero-order chi connectivity index (χ0) is 12.4. The second-order valence-electron chi connectivity index (χ2n) is 4.72. The molecule has 1 saturated heterocycles. The van der Waals surface area contributed by atoms with Crippen molar-refractivity contribution in [2.75, 3.05) is 13.1 Å². The van der Waals surface area contributed by atoms with Crippen molar-refractivity contribution >= 4 is 17.5 Å². The highest BCUT2D eigenvalue weighted by Crippen LogP contribution is 2.25. The molecule has 4 heteroatoms. The van der Waals surface area contributed by atoms with Crippen molar-refractivity contribution < 1.29 is 9.21 Å². The van der Waals surface area contributed by atoms with Gasteiger partial charge in [0.15, 0.2) is 5.76 Å². The first-order valence-electron chi connectivity index (χ1n) is 6.07. The lowest BCUT2D eigenvalue weighted by Gasteiger charge is -2.32. The largest absolute Gasteiger partial charge is 0.456 e. The molecule has 0 spiro atoms. The number of alkyl halides is 1. The van der Waals surface area contributed by atoms with Crippen LogP contribution in [0.25, 0.3) is 0 Å². The zero-order valence-corrected chi connectivity index (χ0v) is 11.0. The number of amides is 1. The predicted molar refractivity (Wildman–Crippen MR) is 67.4 cm³/mol. The number of carbonyl (C=O) groups is 1. The number of nitrogens with zero attached hydrogens (tertiary/aromatic N) is 1. The summed E-state index contributed by atoms with van der Waals surface area (Å²) in [6, 6.07) is 3.56. The van der Waals surface area contributed by atoms with Gasteiger partial charge in [0.25, 0.3) is 5.91 Å². The molecule has 1 atom stereocenters. The van der Waals surface area contributed by atoms with Crippen molar-refractivity contribution in [3.8, 4) is 0 Å². The molecule has 0 aliphatic carbocycles. The quantitative estimate of drug-likeness (QED) is 0.761. The summed E-state index contributed by atoms with van der Waals surface area (Å²) in [5, 5.41) is 0.193. The Morgan fingerprint density at radius 1 is 1.47 bits per heavy atom. The lowest BCUT2D eigenvalue weighted by atomic mass is 9.94. The highest BCUT2D eigenvalue weighted by Gasteiger charge is 2.27. The lowest BCUT2D eigenvalue weighted by molar-refractivity contribution is 0.0656. The number of piperidine rings is 1. The summed E-state index contributed by atoms with van der Waals surface area (Å²) in [7, 11) is 0. The van der Waals surface area contributed by atoms with Gasteiger partial charge in [-0.2, -0.15) is 0 Å². The lowest BCUT2D eigenvalue weighted by Crippen LogP contribution is -2.39. The fraction of sp³-hybridized carbons (Fsp3) is 0.615. The Kier molecular flexibility index (Phi) is 3.77. The van der Waals surface area contributed by atoms with Gasteiger partial charge in [-0.3, -0.25) is 4.79 Å². The van der Waals surface area contributed by atoms with Crippen LogP contribution in [0, 0.1) is 12.8 Å². The molecule has 1 unspecified atom stereocenters. The van der Waals surface area contributed by atoms with Gasteiger partial charge in [0, 0.05) is 18.5 Å². The second-order valence-corrected chi connectivity index (χ2v) is 5.41. The normalized spacial score (nSPS) is 19.4. The van der Waals surface area contributed by atoms with Crippen LogP contribution < -0.4 is 0 Å².